The van der Waals surface area contributed by atoms with Crippen LogP contribution < -0.4 is 15.4 Å². The maximum atomic E-state index is 13.6. The van der Waals surface area contributed by atoms with Crippen molar-refractivity contribution in [1.29, 1.82) is 0 Å². The Kier molecular flexibility index (Phi) is 7.51. The molecule has 4 aromatic rings. The molecule has 0 spiro atoms. The SMILES string of the molecule is CCOc1ccc(C2C(C(=O)Nc3ccccc3)=C(C)Nc3nc(SCc4cc(C)ccc4C)nn32)cc1. The third kappa shape index (κ3) is 5.45. The average Bonchev–Trinajstić information content (AvgIpc) is 3.32. The molecular formula is C30H31N5O2S. The standard InChI is InChI=1S/C30H31N5O2S/c1-5-37-25-15-13-22(14-16-25)27-26(28(36)32-24-9-7-6-8-10-24)21(4)31-29-33-30(34-35(27)29)38-18-23-17-19(2)11-12-20(23)3/h6-17,27H,5,18H2,1-4H3,(H,32,36)(H,31,33,34). The summed E-state index contributed by atoms with van der Waals surface area (Å²) < 4.78 is 7.46. The van der Waals surface area contributed by atoms with Gasteiger partial charge >= 0.3 is 0 Å². The maximum Gasteiger partial charge on any atom is 0.255 e. The molecule has 1 aliphatic rings. The molecule has 8 heteroatoms. The van der Waals surface area contributed by atoms with E-state index in [1.54, 1.807) is 11.8 Å². The third-order valence-electron chi connectivity index (χ3n) is 6.48. The van der Waals surface area contributed by atoms with Gasteiger partial charge in [0, 0.05) is 17.1 Å². The average molecular weight is 526 g/mol. The lowest BCUT2D eigenvalue weighted by Gasteiger charge is -2.28. The summed E-state index contributed by atoms with van der Waals surface area (Å²) in [7, 11) is 0. The molecule has 0 fully saturated rings. The van der Waals surface area contributed by atoms with E-state index >= 15 is 0 Å². The molecule has 0 aliphatic carbocycles. The largest absolute Gasteiger partial charge is 0.494 e. The van der Waals surface area contributed by atoms with Crippen molar-refractivity contribution >= 4 is 29.3 Å². The molecule has 7 nitrogen and oxygen atoms in total. The van der Waals surface area contributed by atoms with Gasteiger partial charge in [-0.25, -0.2) is 4.68 Å². The summed E-state index contributed by atoms with van der Waals surface area (Å²) in [5.41, 5.74) is 6.72. The number of thioether (sulfide) groups is 1. The Bertz CT molecular complexity index is 1480. The molecule has 1 amide bonds. The minimum atomic E-state index is -0.451. The minimum absolute atomic E-state index is 0.189. The molecule has 38 heavy (non-hydrogen) atoms. The predicted octanol–water partition coefficient (Wildman–Crippen LogP) is 6.51. The van der Waals surface area contributed by atoms with E-state index in [0.717, 1.165) is 28.5 Å². The van der Waals surface area contributed by atoms with Crippen LogP contribution in [-0.4, -0.2) is 27.3 Å². The van der Waals surface area contributed by atoms with Gasteiger partial charge in [0.15, 0.2) is 0 Å². The molecule has 1 unspecified atom stereocenters. The van der Waals surface area contributed by atoms with Gasteiger partial charge in [-0.15, -0.1) is 5.10 Å². The number of aromatic nitrogens is 3. The quantitative estimate of drug-likeness (QED) is 0.255. The van der Waals surface area contributed by atoms with Crippen LogP contribution in [0.3, 0.4) is 0 Å². The Labute approximate surface area is 227 Å². The summed E-state index contributed by atoms with van der Waals surface area (Å²) in [6, 6.07) is 23.3. The van der Waals surface area contributed by atoms with Gasteiger partial charge in [0.2, 0.25) is 11.1 Å². The second kappa shape index (κ2) is 11.1. The van der Waals surface area contributed by atoms with Crippen LogP contribution in [0.25, 0.3) is 0 Å². The molecule has 2 heterocycles. The fourth-order valence-corrected chi connectivity index (χ4v) is 5.42. The maximum absolute atomic E-state index is 13.6. The highest BCUT2D eigenvalue weighted by Gasteiger charge is 2.34. The fraction of sp³-hybridized carbons (Fsp3) is 0.233. The van der Waals surface area contributed by atoms with Crippen LogP contribution in [0, 0.1) is 13.8 Å². The molecule has 1 aliphatic heterocycles. The zero-order valence-corrected chi connectivity index (χ0v) is 22.8. The van der Waals surface area contributed by atoms with Gasteiger partial charge in [0.05, 0.1) is 12.2 Å². The number of hydrogen-bond acceptors (Lipinski definition) is 6. The zero-order valence-electron chi connectivity index (χ0n) is 22.0. The first-order valence-electron chi connectivity index (χ1n) is 12.7. The Morgan fingerprint density at radius 2 is 1.82 bits per heavy atom. The smallest absolute Gasteiger partial charge is 0.255 e. The zero-order chi connectivity index (χ0) is 26.6. The molecule has 5 rings (SSSR count). The molecular weight excluding hydrogens is 494 g/mol. The van der Waals surface area contributed by atoms with Gasteiger partial charge in [-0.2, -0.15) is 4.98 Å². The first-order valence-corrected chi connectivity index (χ1v) is 13.6. The van der Waals surface area contributed by atoms with E-state index in [4.69, 9.17) is 14.8 Å². The van der Waals surface area contributed by atoms with E-state index in [0.29, 0.717) is 23.3 Å². The van der Waals surface area contributed by atoms with E-state index in [9.17, 15) is 4.79 Å². The van der Waals surface area contributed by atoms with E-state index in [1.807, 2.05) is 73.1 Å². The number of fused-ring (bicyclic) bond motifs is 1. The summed E-state index contributed by atoms with van der Waals surface area (Å²) in [6.45, 7) is 8.67. The third-order valence-corrected chi connectivity index (χ3v) is 7.36. The molecule has 0 saturated heterocycles. The van der Waals surface area contributed by atoms with Crippen LogP contribution in [0.2, 0.25) is 0 Å². The lowest BCUT2D eigenvalue weighted by molar-refractivity contribution is -0.113. The molecule has 0 radical (unpaired) electrons. The highest BCUT2D eigenvalue weighted by molar-refractivity contribution is 7.98. The normalized spacial score (nSPS) is 14.6. The van der Waals surface area contributed by atoms with Crippen molar-refractivity contribution in [2.75, 3.05) is 17.2 Å². The van der Waals surface area contributed by atoms with Crippen molar-refractivity contribution in [1.82, 2.24) is 14.8 Å². The van der Waals surface area contributed by atoms with E-state index < -0.39 is 6.04 Å². The summed E-state index contributed by atoms with van der Waals surface area (Å²) >= 11 is 1.59. The van der Waals surface area contributed by atoms with Crippen LogP contribution in [0.15, 0.2) is 89.2 Å². The van der Waals surface area contributed by atoms with Crippen molar-refractivity contribution in [2.45, 2.75) is 44.6 Å². The van der Waals surface area contributed by atoms with Crippen LogP contribution in [0.4, 0.5) is 11.6 Å². The molecule has 194 valence electrons. The van der Waals surface area contributed by atoms with Crippen LogP contribution >= 0.6 is 11.8 Å². The number of amides is 1. The Hall–Kier alpha value is -4.04. The molecule has 1 aromatic heterocycles. The Morgan fingerprint density at radius 3 is 2.55 bits per heavy atom. The van der Waals surface area contributed by atoms with Crippen LogP contribution in [-0.2, 0) is 10.5 Å². The number of anilines is 2. The first-order chi connectivity index (χ1) is 18.4. The van der Waals surface area contributed by atoms with Crippen LogP contribution in [0.1, 0.15) is 42.1 Å². The van der Waals surface area contributed by atoms with Gasteiger partial charge < -0.3 is 15.4 Å². The monoisotopic (exact) mass is 525 g/mol. The van der Waals surface area contributed by atoms with Gasteiger partial charge in [-0.1, -0.05) is 65.9 Å². The number of carbonyl (C=O) groups is 1. The van der Waals surface area contributed by atoms with Crippen molar-refractivity contribution in [2.24, 2.45) is 0 Å². The van der Waals surface area contributed by atoms with E-state index in [1.165, 1.54) is 16.7 Å². The van der Waals surface area contributed by atoms with Gasteiger partial charge in [0.1, 0.15) is 11.8 Å². The highest BCUT2D eigenvalue weighted by atomic mass is 32.2. The van der Waals surface area contributed by atoms with E-state index in [-0.39, 0.29) is 5.91 Å². The summed E-state index contributed by atoms with van der Waals surface area (Å²) in [4.78, 5) is 18.4. The lowest BCUT2D eigenvalue weighted by atomic mass is 9.95. The lowest BCUT2D eigenvalue weighted by Crippen LogP contribution is -2.31. The number of rotatable bonds is 8. The highest BCUT2D eigenvalue weighted by Crippen LogP contribution is 2.37. The molecule has 3 aromatic carbocycles. The molecule has 0 saturated carbocycles. The first kappa shape index (κ1) is 25.6. The van der Waals surface area contributed by atoms with Crippen molar-refractivity contribution in [3.63, 3.8) is 0 Å². The number of nitrogens with one attached hydrogen (secondary N) is 2. The van der Waals surface area contributed by atoms with Crippen molar-refractivity contribution in [3.8, 4) is 5.75 Å². The number of aryl methyl sites for hydroxylation is 2. The second-order valence-electron chi connectivity index (χ2n) is 9.27. The molecule has 1 atom stereocenters. The van der Waals surface area contributed by atoms with Crippen molar-refractivity contribution < 1.29 is 9.53 Å². The minimum Gasteiger partial charge on any atom is -0.494 e. The number of nitrogens with zero attached hydrogens (tertiary/aromatic N) is 3. The molecule has 2 N–H and O–H groups in total. The van der Waals surface area contributed by atoms with Crippen molar-refractivity contribution in [3.05, 3.63) is 106 Å². The summed E-state index contributed by atoms with van der Waals surface area (Å²) in [5.74, 6) is 1.97. The second-order valence-corrected chi connectivity index (χ2v) is 10.2. The van der Waals surface area contributed by atoms with Crippen LogP contribution in [0.5, 0.6) is 5.75 Å². The van der Waals surface area contributed by atoms with E-state index in [2.05, 4.69) is 42.7 Å². The summed E-state index contributed by atoms with van der Waals surface area (Å²) in [5, 5.41) is 11.9. The van der Waals surface area contributed by atoms with Gasteiger partial charge in [0.25, 0.3) is 5.91 Å². The number of allylic oxidation sites excluding steroid dienone is 1. The number of benzene rings is 3. The topological polar surface area (TPSA) is 81.1 Å². The summed E-state index contributed by atoms with van der Waals surface area (Å²) in [6.07, 6.45) is 0. The van der Waals surface area contributed by atoms with Gasteiger partial charge in [-0.05, 0) is 68.7 Å². The Morgan fingerprint density at radius 1 is 1.05 bits per heavy atom. The number of ether oxygens (including phenoxy) is 1. The fourth-order valence-electron chi connectivity index (χ4n) is 4.53. The number of para-hydroxylation sites is 1. The molecule has 0 bridgehead atoms. The number of hydrogen-bond donors (Lipinski definition) is 2. The van der Waals surface area contributed by atoms with Gasteiger partial charge in [-0.3, -0.25) is 4.79 Å². The Balaban J connectivity index is 1.49. The number of carbonyl (C=O) groups excluding carboxylic acids is 1. The predicted molar refractivity (Wildman–Crippen MR) is 153 cm³/mol.